The molecule has 1 fully saturated rings. The first-order valence-electron chi connectivity index (χ1n) is 6.28. The topological polar surface area (TPSA) is 23.6 Å². The summed E-state index contributed by atoms with van der Waals surface area (Å²) in [7, 11) is 2.10. The van der Waals surface area contributed by atoms with Crippen LogP contribution < -0.4 is 0 Å². The molecule has 96 valence electrons. The maximum absolute atomic E-state index is 11.0. The van der Waals surface area contributed by atoms with Crippen LogP contribution in [0.2, 0.25) is 0 Å². The van der Waals surface area contributed by atoms with Crippen molar-refractivity contribution in [3.05, 3.63) is 12.7 Å². The molecular formula is C13H28N2O. The number of piperazine rings is 1. The van der Waals surface area contributed by atoms with Crippen LogP contribution in [0.25, 0.3) is 0 Å². The van der Waals surface area contributed by atoms with Crippen molar-refractivity contribution in [1.29, 1.82) is 0 Å². The number of ketones is 1. The van der Waals surface area contributed by atoms with Crippen molar-refractivity contribution in [2.75, 3.05) is 39.8 Å². The first kappa shape index (κ1) is 17.7. The Labute approximate surface area is 101 Å². The zero-order valence-corrected chi connectivity index (χ0v) is 11.6. The van der Waals surface area contributed by atoms with Crippen LogP contribution in [0.4, 0.5) is 0 Å². The lowest BCUT2D eigenvalue weighted by Crippen LogP contribution is -2.46. The van der Waals surface area contributed by atoms with Gasteiger partial charge in [0.1, 0.15) is 0 Å². The molecule has 16 heavy (non-hydrogen) atoms. The van der Waals surface area contributed by atoms with E-state index in [2.05, 4.69) is 23.4 Å². The van der Waals surface area contributed by atoms with E-state index in [1.165, 1.54) is 6.08 Å². The molecule has 3 heteroatoms. The molecule has 0 saturated carbocycles. The summed E-state index contributed by atoms with van der Waals surface area (Å²) < 4.78 is 0. The standard InChI is InChI=1S/C9H16N2O.2C2H6/c1-3-9(12)8-11-6-4-10(2)5-7-11;2*1-2/h3H,1,4-8H2,2H3;2*1-2H3. The minimum atomic E-state index is 0.125. The molecule has 0 aromatic carbocycles. The Morgan fingerprint density at radius 1 is 1.12 bits per heavy atom. The summed E-state index contributed by atoms with van der Waals surface area (Å²) in [5.74, 6) is 0.125. The highest BCUT2D eigenvalue weighted by Gasteiger charge is 2.14. The molecule has 0 atom stereocenters. The van der Waals surface area contributed by atoms with Crippen molar-refractivity contribution in [1.82, 2.24) is 9.80 Å². The Hall–Kier alpha value is -0.670. The minimum Gasteiger partial charge on any atom is -0.304 e. The van der Waals surface area contributed by atoms with Crippen LogP contribution in [-0.4, -0.2) is 55.4 Å². The molecular weight excluding hydrogens is 200 g/mol. The van der Waals surface area contributed by atoms with Gasteiger partial charge in [0.15, 0.2) is 5.78 Å². The molecule has 0 spiro atoms. The van der Waals surface area contributed by atoms with Gasteiger partial charge in [-0.2, -0.15) is 0 Å². The number of hydrogen-bond acceptors (Lipinski definition) is 3. The van der Waals surface area contributed by atoms with Crippen molar-refractivity contribution in [3.63, 3.8) is 0 Å². The maximum atomic E-state index is 11.0. The molecule has 0 unspecified atom stereocenters. The fraction of sp³-hybridized carbons (Fsp3) is 0.769. The van der Waals surface area contributed by atoms with Crippen molar-refractivity contribution in [2.45, 2.75) is 27.7 Å². The first-order valence-corrected chi connectivity index (χ1v) is 6.28. The lowest BCUT2D eigenvalue weighted by atomic mass is 10.3. The number of carbonyl (C=O) groups excluding carboxylic acids is 1. The van der Waals surface area contributed by atoms with Gasteiger partial charge in [-0.05, 0) is 13.1 Å². The second-order valence-electron chi connectivity index (χ2n) is 3.25. The molecule has 0 aliphatic carbocycles. The third-order valence-electron chi connectivity index (χ3n) is 2.20. The van der Waals surface area contributed by atoms with E-state index in [-0.39, 0.29) is 5.78 Å². The van der Waals surface area contributed by atoms with Gasteiger partial charge in [-0.1, -0.05) is 34.3 Å². The SMILES string of the molecule is C=CC(=O)CN1CCN(C)CC1.CC.CC. The first-order chi connectivity index (χ1) is 7.72. The van der Waals surface area contributed by atoms with Gasteiger partial charge in [0, 0.05) is 26.2 Å². The summed E-state index contributed by atoms with van der Waals surface area (Å²) in [4.78, 5) is 15.4. The largest absolute Gasteiger partial charge is 0.304 e. The molecule has 1 aliphatic heterocycles. The van der Waals surface area contributed by atoms with Gasteiger partial charge >= 0.3 is 0 Å². The Morgan fingerprint density at radius 2 is 1.56 bits per heavy atom. The fourth-order valence-electron chi connectivity index (χ4n) is 1.29. The van der Waals surface area contributed by atoms with Gasteiger partial charge in [-0.25, -0.2) is 0 Å². The highest BCUT2D eigenvalue weighted by atomic mass is 16.1. The van der Waals surface area contributed by atoms with Gasteiger partial charge in [0.05, 0.1) is 6.54 Å². The van der Waals surface area contributed by atoms with E-state index in [4.69, 9.17) is 0 Å². The van der Waals surface area contributed by atoms with Crippen LogP contribution >= 0.6 is 0 Å². The molecule has 1 aliphatic rings. The molecule has 0 amide bonds. The molecule has 1 heterocycles. The van der Waals surface area contributed by atoms with Crippen molar-refractivity contribution < 1.29 is 4.79 Å². The van der Waals surface area contributed by atoms with Gasteiger partial charge in [-0.3, -0.25) is 9.69 Å². The van der Waals surface area contributed by atoms with Crippen LogP contribution in [-0.2, 0) is 4.79 Å². The van der Waals surface area contributed by atoms with E-state index in [0.717, 1.165) is 26.2 Å². The van der Waals surface area contributed by atoms with Gasteiger partial charge in [0.2, 0.25) is 0 Å². The molecule has 0 aromatic heterocycles. The minimum absolute atomic E-state index is 0.125. The number of nitrogens with zero attached hydrogens (tertiary/aromatic N) is 2. The van der Waals surface area contributed by atoms with E-state index in [9.17, 15) is 4.79 Å². The average Bonchev–Trinajstić information content (AvgIpc) is 2.37. The number of likely N-dealkylation sites (N-methyl/N-ethyl adjacent to an activating group) is 1. The zero-order valence-electron chi connectivity index (χ0n) is 11.6. The van der Waals surface area contributed by atoms with Crippen molar-refractivity contribution in [3.8, 4) is 0 Å². The Balaban J connectivity index is 0. The average molecular weight is 228 g/mol. The lowest BCUT2D eigenvalue weighted by Gasteiger charge is -2.31. The molecule has 3 nitrogen and oxygen atoms in total. The predicted octanol–water partition coefficient (Wildman–Crippen LogP) is 2.04. The third-order valence-corrected chi connectivity index (χ3v) is 2.20. The summed E-state index contributed by atoms with van der Waals surface area (Å²) in [5, 5.41) is 0. The van der Waals surface area contributed by atoms with E-state index < -0.39 is 0 Å². The van der Waals surface area contributed by atoms with E-state index >= 15 is 0 Å². The van der Waals surface area contributed by atoms with Crippen molar-refractivity contribution in [2.24, 2.45) is 0 Å². The second-order valence-corrected chi connectivity index (χ2v) is 3.25. The second kappa shape index (κ2) is 12.4. The van der Waals surface area contributed by atoms with E-state index in [1.807, 2.05) is 27.7 Å². The predicted molar refractivity (Wildman–Crippen MR) is 71.8 cm³/mol. The van der Waals surface area contributed by atoms with Crippen molar-refractivity contribution >= 4 is 5.78 Å². The monoisotopic (exact) mass is 228 g/mol. The molecule has 0 aromatic rings. The Kier molecular flexibility index (Phi) is 13.7. The molecule has 1 saturated heterocycles. The van der Waals surface area contributed by atoms with Crippen LogP contribution in [0.5, 0.6) is 0 Å². The van der Waals surface area contributed by atoms with E-state index in [1.54, 1.807) is 0 Å². The van der Waals surface area contributed by atoms with Crippen LogP contribution in [0.15, 0.2) is 12.7 Å². The number of hydrogen-bond donors (Lipinski definition) is 0. The summed E-state index contributed by atoms with van der Waals surface area (Å²) >= 11 is 0. The van der Waals surface area contributed by atoms with Crippen LogP contribution in [0.1, 0.15) is 27.7 Å². The third kappa shape index (κ3) is 8.62. The molecule has 0 bridgehead atoms. The summed E-state index contributed by atoms with van der Waals surface area (Å²) in [5.41, 5.74) is 0. The maximum Gasteiger partial charge on any atom is 0.169 e. The quantitative estimate of drug-likeness (QED) is 0.691. The molecule has 0 radical (unpaired) electrons. The number of rotatable bonds is 3. The van der Waals surface area contributed by atoms with Gasteiger partial charge in [-0.15, -0.1) is 0 Å². The number of carbonyl (C=O) groups is 1. The van der Waals surface area contributed by atoms with Crippen LogP contribution in [0, 0.1) is 0 Å². The summed E-state index contributed by atoms with van der Waals surface area (Å²) in [6.07, 6.45) is 1.40. The van der Waals surface area contributed by atoms with Gasteiger partial charge in [0.25, 0.3) is 0 Å². The zero-order chi connectivity index (χ0) is 13.0. The smallest absolute Gasteiger partial charge is 0.169 e. The normalized spacial score (nSPS) is 16.3. The lowest BCUT2D eigenvalue weighted by molar-refractivity contribution is -0.116. The summed E-state index contributed by atoms with van der Waals surface area (Å²) in [6, 6.07) is 0. The highest BCUT2D eigenvalue weighted by molar-refractivity contribution is 5.90. The summed E-state index contributed by atoms with van der Waals surface area (Å²) in [6.45, 7) is 16.1. The Morgan fingerprint density at radius 3 is 1.94 bits per heavy atom. The fourth-order valence-corrected chi connectivity index (χ4v) is 1.29. The van der Waals surface area contributed by atoms with Gasteiger partial charge < -0.3 is 4.90 Å². The molecule has 0 N–H and O–H groups in total. The molecule has 1 rings (SSSR count). The van der Waals surface area contributed by atoms with E-state index in [0.29, 0.717) is 6.54 Å². The van der Waals surface area contributed by atoms with Crippen LogP contribution in [0.3, 0.4) is 0 Å². The Bertz CT molecular complexity index is 173. The highest BCUT2D eigenvalue weighted by Crippen LogP contribution is 1.98.